The lowest BCUT2D eigenvalue weighted by molar-refractivity contribution is -0.597. The van der Waals surface area contributed by atoms with Gasteiger partial charge < -0.3 is 9.29 Å². The third kappa shape index (κ3) is 8.95. The minimum atomic E-state index is -6.70. The third-order valence-electron chi connectivity index (χ3n) is 3.93. The SMILES string of the molecule is O=C(OC(C(F)(F)F)C(F)(F)S(=O)(=O)[O-])c1ccc(I)cc1.c1ccc([I+]c2ccccc2)cc1. The molecule has 188 valence electrons. The van der Waals surface area contributed by atoms with Gasteiger partial charge in [0.15, 0.2) is 17.3 Å². The lowest BCUT2D eigenvalue weighted by atomic mass is 10.2. The van der Waals surface area contributed by atoms with Crippen LogP contribution in [0.3, 0.4) is 0 Å². The molecule has 0 heterocycles. The highest BCUT2D eigenvalue weighted by Crippen LogP contribution is 2.38. The molecule has 13 heteroatoms. The zero-order chi connectivity index (χ0) is 26.3. The van der Waals surface area contributed by atoms with E-state index in [9.17, 15) is 39.7 Å². The first-order valence-corrected chi connectivity index (χ1v) is 14.0. The average molecular weight is 740 g/mol. The van der Waals surface area contributed by atoms with Crippen molar-refractivity contribution in [3.63, 3.8) is 0 Å². The summed E-state index contributed by atoms with van der Waals surface area (Å²) in [7, 11) is -6.70. The quantitative estimate of drug-likeness (QED) is 0.168. The van der Waals surface area contributed by atoms with Crippen LogP contribution in [-0.4, -0.2) is 36.5 Å². The number of carbonyl (C=O) groups is 1. The van der Waals surface area contributed by atoms with Crippen LogP contribution in [0, 0.1) is 10.7 Å². The number of halogens is 7. The van der Waals surface area contributed by atoms with Gasteiger partial charge in [-0.15, -0.1) is 0 Å². The van der Waals surface area contributed by atoms with Crippen molar-refractivity contribution in [1.82, 2.24) is 0 Å². The van der Waals surface area contributed by atoms with Crippen molar-refractivity contribution >= 4 is 38.7 Å². The maximum atomic E-state index is 13.1. The van der Waals surface area contributed by atoms with Crippen LogP contribution in [0.15, 0.2) is 84.9 Å². The summed E-state index contributed by atoms with van der Waals surface area (Å²) in [6.07, 6.45) is -10.4. The van der Waals surface area contributed by atoms with E-state index in [1.807, 2.05) is 22.6 Å². The molecular weight excluding hydrogens is 725 g/mol. The molecule has 0 spiro atoms. The second-order valence-electron chi connectivity index (χ2n) is 6.54. The summed E-state index contributed by atoms with van der Waals surface area (Å²) in [6.45, 7) is 0. The van der Waals surface area contributed by atoms with Gasteiger partial charge in [-0.25, -0.2) is 13.2 Å². The monoisotopic (exact) mass is 740 g/mol. The molecule has 0 bridgehead atoms. The van der Waals surface area contributed by atoms with E-state index in [0.717, 1.165) is 12.1 Å². The summed E-state index contributed by atoms with van der Waals surface area (Å²) in [5.74, 6) is -1.85. The van der Waals surface area contributed by atoms with Crippen molar-refractivity contribution in [2.24, 2.45) is 0 Å². The molecular formula is C22H15F5I2O5S. The highest BCUT2D eigenvalue weighted by Gasteiger charge is 2.63. The summed E-state index contributed by atoms with van der Waals surface area (Å²) in [6, 6.07) is 25.9. The Hall–Kier alpha value is -1.85. The van der Waals surface area contributed by atoms with Gasteiger partial charge in [-0.3, -0.25) is 0 Å². The molecule has 0 saturated carbocycles. The predicted molar refractivity (Wildman–Crippen MR) is 119 cm³/mol. The van der Waals surface area contributed by atoms with E-state index >= 15 is 0 Å². The third-order valence-corrected chi connectivity index (χ3v) is 8.21. The fraction of sp³-hybridized carbons (Fsp3) is 0.136. The summed E-state index contributed by atoms with van der Waals surface area (Å²) < 4.78 is 102. The number of hydrogen-bond acceptors (Lipinski definition) is 5. The van der Waals surface area contributed by atoms with E-state index in [4.69, 9.17) is 0 Å². The van der Waals surface area contributed by atoms with Crippen LogP contribution in [0.5, 0.6) is 0 Å². The Morgan fingerprint density at radius 2 is 1.26 bits per heavy atom. The molecule has 3 aromatic carbocycles. The minimum absolute atomic E-state index is 0.0287. The molecule has 1 unspecified atom stereocenters. The fourth-order valence-corrected chi connectivity index (χ4v) is 5.37. The molecule has 0 amide bonds. The molecule has 0 saturated heterocycles. The van der Waals surface area contributed by atoms with Gasteiger partial charge >= 0.3 is 38.6 Å². The molecule has 5 nitrogen and oxygen atoms in total. The predicted octanol–water partition coefficient (Wildman–Crippen LogP) is 2.33. The molecule has 0 radical (unpaired) electrons. The Morgan fingerprint density at radius 1 is 0.829 bits per heavy atom. The zero-order valence-corrected chi connectivity index (χ0v) is 22.4. The normalized spacial score (nSPS) is 12.8. The zero-order valence-electron chi connectivity index (χ0n) is 17.3. The number of benzene rings is 3. The molecule has 0 aromatic heterocycles. The van der Waals surface area contributed by atoms with Gasteiger partial charge in [0.1, 0.15) is 0 Å². The van der Waals surface area contributed by atoms with Crippen LogP contribution < -0.4 is 21.2 Å². The van der Waals surface area contributed by atoms with Crippen LogP contribution in [0.4, 0.5) is 22.0 Å². The van der Waals surface area contributed by atoms with Gasteiger partial charge in [0, 0.05) is 3.57 Å². The number of carbonyl (C=O) groups excluding carboxylic acids is 1. The lowest BCUT2D eigenvalue weighted by Crippen LogP contribution is -3.61. The second-order valence-corrected chi connectivity index (χ2v) is 12.3. The minimum Gasteiger partial charge on any atom is -0.743 e. The van der Waals surface area contributed by atoms with E-state index in [2.05, 4.69) is 65.4 Å². The van der Waals surface area contributed by atoms with Crippen molar-refractivity contribution in [1.29, 1.82) is 0 Å². The van der Waals surface area contributed by atoms with Gasteiger partial charge in [0.05, 0.1) is 5.56 Å². The van der Waals surface area contributed by atoms with Gasteiger partial charge in [-0.2, -0.15) is 22.0 Å². The molecule has 0 N–H and O–H groups in total. The number of rotatable bonds is 6. The van der Waals surface area contributed by atoms with Crippen LogP contribution in [0.2, 0.25) is 0 Å². The number of hydrogen-bond donors (Lipinski definition) is 0. The van der Waals surface area contributed by atoms with Crippen molar-refractivity contribution in [3.8, 4) is 0 Å². The standard InChI is InChI=1S/C12H10I.C10H6F5IO5S/c1-3-7-11(8-4-1)13-12-9-5-2-6-10-12;11-9(12,13)8(10(14,15)22(18,19)20)21-7(17)5-1-3-6(16)4-2-5/h1-10H;1-4,8H,(H,18,19,20)/q+1;/p-1. The molecule has 1 atom stereocenters. The Kier molecular flexibility index (Phi) is 10.4. The molecule has 0 aliphatic rings. The van der Waals surface area contributed by atoms with Gasteiger partial charge in [0.2, 0.25) is 0 Å². The van der Waals surface area contributed by atoms with E-state index in [-0.39, 0.29) is 21.2 Å². The maximum Gasteiger partial charge on any atom is 0.432 e. The smallest absolute Gasteiger partial charge is 0.432 e. The number of esters is 1. The summed E-state index contributed by atoms with van der Waals surface area (Å²) >= 11 is 1.84. The first kappa shape index (κ1) is 29.4. The van der Waals surface area contributed by atoms with Crippen molar-refractivity contribution in [2.45, 2.75) is 17.5 Å². The molecule has 35 heavy (non-hydrogen) atoms. The molecule has 0 fully saturated rings. The summed E-state index contributed by atoms with van der Waals surface area (Å²) in [5, 5.41) is -5.86. The Bertz CT molecular complexity index is 1170. The molecule has 0 aliphatic heterocycles. The van der Waals surface area contributed by atoms with E-state index < -0.39 is 39.2 Å². The van der Waals surface area contributed by atoms with Crippen molar-refractivity contribution < 1.29 is 65.7 Å². The summed E-state index contributed by atoms with van der Waals surface area (Å²) in [5.41, 5.74) is -0.520. The van der Waals surface area contributed by atoms with Crippen LogP contribution >= 0.6 is 22.6 Å². The van der Waals surface area contributed by atoms with E-state index in [1.165, 1.54) is 19.3 Å². The first-order chi connectivity index (χ1) is 16.2. The molecule has 3 rings (SSSR count). The average Bonchev–Trinajstić information content (AvgIpc) is 2.78. The van der Waals surface area contributed by atoms with Crippen LogP contribution in [0.1, 0.15) is 10.4 Å². The van der Waals surface area contributed by atoms with Gasteiger partial charge in [-0.1, -0.05) is 36.4 Å². The highest BCUT2D eigenvalue weighted by atomic mass is 127. The van der Waals surface area contributed by atoms with E-state index in [0.29, 0.717) is 3.57 Å². The maximum absolute atomic E-state index is 13.1. The highest BCUT2D eigenvalue weighted by molar-refractivity contribution is 14.1. The van der Waals surface area contributed by atoms with Gasteiger partial charge in [0.25, 0.3) is 6.10 Å². The Morgan fingerprint density at radius 3 is 1.63 bits per heavy atom. The summed E-state index contributed by atoms with van der Waals surface area (Å²) in [4.78, 5) is 11.4. The number of alkyl halides is 5. The van der Waals surface area contributed by atoms with E-state index in [1.54, 1.807) is 0 Å². The Labute approximate surface area is 221 Å². The lowest BCUT2D eigenvalue weighted by Gasteiger charge is -2.29. The van der Waals surface area contributed by atoms with Crippen molar-refractivity contribution in [3.05, 3.63) is 101 Å². The molecule has 0 aliphatic carbocycles. The fourth-order valence-electron chi connectivity index (χ4n) is 2.30. The van der Waals surface area contributed by atoms with Crippen LogP contribution in [0.25, 0.3) is 0 Å². The van der Waals surface area contributed by atoms with Crippen LogP contribution in [-0.2, 0) is 14.9 Å². The topological polar surface area (TPSA) is 83.5 Å². The number of ether oxygens (including phenoxy) is 1. The van der Waals surface area contributed by atoms with Crippen molar-refractivity contribution in [2.75, 3.05) is 0 Å². The first-order valence-electron chi connectivity index (χ1n) is 9.33. The second kappa shape index (κ2) is 12.4. The molecule has 3 aromatic rings. The van der Waals surface area contributed by atoms with Gasteiger partial charge in [-0.05, 0) is 71.1 Å². The Balaban J connectivity index is 0.000000279. The largest absolute Gasteiger partial charge is 0.743 e.